The molecular weight excluding hydrogens is 464 g/mol. The zero-order valence-corrected chi connectivity index (χ0v) is 20.6. The van der Waals surface area contributed by atoms with Gasteiger partial charge in [0.2, 0.25) is 0 Å². The standard InChI is InChI=1S/C27H26N2O5S/c1-4-33-26(31)20-10-12-22(13-11-20)29-18(2)16-21(19(29)3)17-24-25(30)28(27(32)35-24)14-15-34-23-8-6-5-7-9-23/h5-13,16-17H,4,14-15H2,1-3H3/b24-17-. The molecule has 0 aliphatic carbocycles. The summed E-state index contributed by atoms with van der Waals surface area (Å²) in [5.74, 6) is 0.0172. The Morgan fingerprint density at radius 2 is 1.74 bits per heavy atom. The molecule has 2 aromatic carbocycles. The minimum Gasteiger partial charge on any atom is -0.492 e. The molecule has 7 nitrogen and oxygen atoms in total. The molecule has 1 aliphatic heterocycles. The van der Waals surface area contributed by atoms with E-state index < -0.39 is 0 Å². The third-order valence-corrected chi connectivity index (χ3v) is 6.50. The number of para-hydroxylation sites is 1. The van der Waals surface area contributed by atoms with E-state index in [-0.39, 0.29) is 30.3 Å². The van der Waals surface area contributed by atoms with E-state index in [2.05, 4.69) is 0 Å². The number of hydrogen-bond donors (Lipinski definition) is 0. The fourth-order valence-electron chi connectivity index (χ4n) is 3.90. The predicted molar refractivity (Wildman–Crippen MR) is 136 cm³/mol. The quantitative estimate of drug-likeness (QED) is 0.311. The van der Waals surface area contributed by atoms with Gasteiger partial charge in [0, 0.05) is 17.1 Å². The topological polar surface area (TPSA) is 77.8 Å². The summed E-state index contributed by atoms with van der Waals surface area (Å²) in [6.45, 7) is 6.43. The molecule has 2 amide bonds. The Morgan fingerprint density at radius 3 is 2.43 bits per heavy atom. The molecule has 1 aromatic heterocycles. The van der Waals surface area contributed by atoms with Gasteiger partial charge in [-0.25, -0.2) is 4.79 Å². The van der Waals surface area contributed by atoms with Crippen LogP contribution in [0.15, 0.2) is 65.6 Å². The minimum absolute atomic E-state index is 0.183. The van der Waals surface area contributed by atoms with Gasteiger partial charge in [0.15, 0.2) is 0 Å². The van der Waals surface area contributed by atoms with Gasteiger partial charge in [0.25, 0.3) is 11.1 Å². The third kappa shape index (κ3) is 5.33. The maximum absolute atomic E-state index is 12.9. The average molecular weight is 491 g/mol. The van der Waals surface area contributed by atoms with Crippen LogP contribution in [0.2, 0.25) is 0 Å². The van der Waals surface area contributed by atoms with Crippen LogP contribution in [0.3, 0.4) is 0 Å². The molecule has 180 valence electrons. The van der Waals surface area contributed by atoms with Crippen LogP contribution < -0.4 is 4.74 Å². The maximum Gasteiger partial charge on any atom is 0.338 e. The number of benzene rings is 2. The van der Waals surface area contributed by atoms with Gasteiger partial charge in [-0.15, -0.1) is 0 Å². The molecule has 0 unspecified atom stereocenters. The van der Waals surface area contributed by atoms with Crippen LogP contribution in [0.4, 0.5) is 4.79 Å². The molecule has 3 aromatic rings. The Kier molecular flexibility index (Phi) is 7.41. The Balaban J connectivity index is 1.49. The Labute approximate surface area is 208 Å². The van der Waals surface area contributed by atoms with Gasteiger partial charge in [-0.05, 0) is 86.6 Å². The molecule has 0 N–H and O–H groups in total. The molecule has 4 rings (SSSR count). The van der Waals surface area contributed by atoms with Crippen molar-refractivity contribution < 1.29 is 23.9 Å². The highest BCUT2D eigenvalue weighted by Crippen LogP contribution is 2.33. The van der Waals surface area contributed by atoms with Crippen LogP contribution >= 0.6 is 11.8 Å². The van der Waals surface area contributed by atoms with Crippen molar-refractivity contribution in [2.24, 2.45) is 0 Å². The van der Waals surface area contributed by atoms with Gasteiger partial charge < -0.3 is 14.0 Å². The number of esters is 1. The highest BCUT2D eigenvalue weighted by atomic mass is 32.2. The summed E-state index contributed by atoms with van der Waals surface area (Å²) < 4.78 is 12.7. The molecule has 8 heteroatoms. The number of carbonyl (C=O) groups is 3. The summed E-state index contributed by atoms with van der Waals surface area (Å²) in [6.07, 6.45) is 1.76. The normalized spacial score (nSPS) is 14.6. The zero-order chi connectivity index (χ0) is 24.9. The first kappa shape index (κ1) is 24.3. The van der Waals surface area contributed by atoms with Crippen LogP contribution in [0, 0.1) is 13.8 Å². The van der Waals surface area contributed by atoms with Crippen molar-refractivity contribution in [1.29, 1.82) is 0 Å². The molecule has 1 saturated heterocycles. The lowest BCUT2D eigenvalue weighted by Gasteiger charge is -2.13. The molecule has 0 bridgehead atoms. The largest absolute Gasteiger partial charge is 0.492 e. The van der Waals surface area contributed by atoms with E-state index in [1.54, 1.807) is 25.1 Å². The van der Waals surface area contributed by atoms with Gasteiger partial charge in [-0.1, -0.05) is 18.2 Å². The number of thioether (sulfide) groups is 1. The molecule has 1 fully saturated rings. The van der Waals surface area contributed by atoms with E-state index in [0.717, 1.165) is 34.4 Å². The Bertz CT molecular complexity index is 1280. The molecule has 35 heavy (non-hydrogen) atoms. The van der Waals surface area contributed by atoms with E-state index in [4.69, 9.17) is 9.47 Å². The summed E-state index contributed by atoms with van der Waals surface area (Å²) in [6, 6.07) is 18.4. The summed E-state index contributed by atoms with van der Waals surface area (Å²) in [5.41, 5.74) is 4.11. The number of aryl methyl sites for hydroxylation is 1. The molecule has 2 heterocycles. The van der Waals surface area contributed by atoms with E-state index in [1.807, 2.05) is 66.9 Å². The molecule has 0 saturated carbocycles. The Morgan fingerprint density at radius 1 is 1.03 bits per heavy atom. The van der Waals surface area contributed by atoms with Gasteiger partial charge in [0.05, 0.1) is 23.6 Å². The van der Waals surface area contributed by atoms with Crippen LogP contribution in [-0.2, 0) is 9.53 Å². The number of ether oxygens (including phenoxy) is 2. The molecule has 0 radical (unpaired) electrons. The SMILES string of the molecule is CCOC(=O)c1ccc(-n2c(C)cc(/C=C3\SC(=O)N(CCOc4ccccc4)C3=O)c2C)cc1. The lowest BCUT2D eigenvalue weighted by Crippen LogP contribution is -2.32. The van der Waals surface area contributed by atoms with Crippen LogP contribution in [-0.4, -0.2) is 46.3 Å². The highest BCUT2D eigenvalue weighted by molar-refractivity contribution is 8.18. The van der Waals surface area contributed by atoms with Crippen molar-refractivity contribution in [3.05, 3.63) is 88.1 Å². The van der Waals surface area contributed by atoms with Crippen molar-refractivity contribution in [1.82, 2.24) is 9.47 Å². The molecule has 0 atom stereocenters. The first-order valence-corrected chi connectivity index (χ1v) is 12.1. The summed E-state index contributed by atoms with van der Waals surface area (Å²) in [4.78, 5) is 38.9. The van der Waals surface area contributed by atoms with Crippen LogP contribution in [0.5, 0.6) is 5.75 Å². The summed E-state index contributed by atoms with van der Waals surface area (Å²) in [7, 11) is 0. The monoisotopic (exact) mass is 490 g/mol. The summed E-state index contributed by atoms with van der Waals surface area (Å²) in [5, 5.41) is -0.304. The Hall–Kier alpha value is -3.78. The fourth-order valence-corrected chi connectivity index (χ4v) is 4.75. The number of imide groups is 1. The van der Waals surface area contributed by atoms with Crippen LogP contribution in [0.25, 0.3) is 11.8 Å². The van der Waals surface area contributed by atoms with Gasteiger partial charge in [-0.2, -0.15) is 0 Å². The number of rotatable bonds is 8. The van der Waals surface area contributed by atoms with E-state index in [9.17, 15) is 14.4 Å². The smallest absolute Gasteiger partial charge is 0.338 e. The second-order valence-electron chi connectivity index (χ2n) is 7.92. The van der Waals surface area contributed by atoms with Gasteiger partial charge in [-0.3, -0.25) is 14.5 Å². The van der Waals surface area contributed by atoms with Crippen molar-refractivity contribution in [3.63, 3.8) is 0 Å². The third-order valence-electron chi connectivity index (χ3n) is 5.59. The second-order valence-corrected chi connectivity index (χ2v) is 8.92. The van der Waals surface area contributed by atoms with Crippen molar-refractivity contribution in [3.8, 4) is 11.4 Å². The lowest BCUT2D eigenvalue weighted by molar-refractivity contribution is -0.123. The van der Waals surface area contributed by atoms with Gasteiger partial charge >= 0.3 is 5.97 Å². The lowest BCUT2D eigenvalue weighted by atomic mass is 10.2. The van der Waals surface area contributed by atoms with Crippen molar-refractivity contribution in [2.75, 3.05) is 19.8 Å². The zero-order valence-electron chi connectivity index (χ0n) is 19.8. The van der Waals surface area contributed by atoms with Gasteiger partial charge in [0.1, 0.15) is 12.4 Å². The first-order chi connectivity index (χ1) is 16.9. The predicted octanol–water partition coefficient (Wildman–Crippen LogP) is 5.39. The number of carbonyl (C=O) groups excluding carboxylic acids is 3. The van der Waals surface area contributed by atoms with Crippen molar-refractivity contribution >= 4 is 35.0 Å². The average Bonchev–Trinajstić information content (AvgIpc) is 3.28. The molecule has 1 aliphatic rings. The first-order valence-electron chi connectivity index (χ1n) is 11.3. The maximum atomic E-state index is 12.9. The second kappa shape index (κ2) is 10.7. The van der Waals surface area contributed by atoms with Crippen LogP contribution in [0.1, 0.15) is 34.2 Å². The van der Waals surface area contributed by atoms with E-state index >= 15 is 0 Å². The number of amides is 2. The van der Waals surface area contributed by atoms with E-state index in [0.29, 0.717) is 22.8 Å². The number of aromatic nitrogens is 1. The van der Waals surface area contributed by atoms with E-state index in [1.165, 1.54) is 4.90 Å². The minimum atomic E-state index is -0.356. The number of nitrogens with zero attached hydrogens (tertiary/aromatic N) is 2. The highest BCUT2D eigenvalue weighted by Gasteiger charge is 2.35. The number of hydrogen-bond acceptors (Lipinski definition) is 6. The fraction of sp³-hybridized carbons (Fsp3) is 0.222. The molecule has 0 spiro atoms. The van der Waals surface area contributed by atoms with Crippen molar-refractivity contribution in [2.45, 2.75) is 20.8 Å². The summed E-state index contributed by atoms with van der Waals surface area (Å²) >= 11 is 0.935. The molecular formula is C27H26N2O5S.